The Bertz CT molecular complexity index is 570. The molecule has 0 saturated carbocycles. The van der Waals surface area contributed by atoms with Crippen LogP contribution in [0.25, 0.3) is 0 Å². The fraction of sp³-hybridized carbons (Fsp3) is 0.611. The van der Waals surface area contributed by atoms with Gasteiger partial charge < -0.3 is 5.32 Å². The molecule has 3 nitrogen and oxygen atoms in total. The Hall–Kier alpha value is -1.35. The maximum absolute atomic E-state index is 13.0. The monoisotopic (exact) mass is 284 g/mol. The van der Waals surface area contributed by atoms with Crippen LogP contribution in [0.3, 0.4) is 0 Å². The van der Waals surface area contributed by atoms with Gasteiger partial charge in [0, 0.05) is 18.3 Å². The number of hydrogen-bond acceptors (Lipinski definition) is 2. The Balaban J connectivity index is 1.75. The summed E-state index contributed by atoms with van der Waals surface area (Å²) in [6, 6.07) is 8.77. The van der Waals surface area contributed by atoms with E-state index in [9.17, 15) is 4.79 Å². The fourth-order valence-electron chi connectivity index (χ4n) is 5.04. The molecule has 3 heteroatoms. The number of carbonyl (C=O) groups excluding carboxylic acids is 1. The van der Waals surface area contributed by atoms with Gasteiger partial charge in [-0.05, 0) is 36.9 Å². The number of rotatable bonds is 4. The van der Waals surface area contributed by atoms with Crippen molar-refractivity contribution in [2.24, 2.45) is 5.92 Å². The first-order valence-corrected chi connectivity index (χ1v) is 8.43. The van der Waals surface area contributed by atoms with Crippen LogP contribution in [-0.4, -0.2) is 29.9 Å². The third kappa shape index (κ3) is 1.67. The van der Waals surface area contributed by atoms with Crippen LogP contribution in [0.15, 0.2) is 24.3 Å². The summed E-state index contributed by atoms with van der Waals surface area (Å²) in [7, 11) is 0. The molecule has 21 heavy (non-hydrogen) atoms. The van der Waals surface area contributed by atoms with Crippen molar-refractivity contribution < 1.29 is 4.79 Å². The molecule has 2 fully saturated rings. The van der Waals surface area contributed by atoms with E-state index >= 15 is 0 Å². The normalized spacial score (nSPS) is 36.2. The van der Waals surface area contributed by atoms with E-state index in [0.717, 1.165) is 18.7 Å². The molecule has 3 unspecified atom stereocenters. The third-order valence-corrected chi connectivity index (χ3v) is 5.91. The van der Waals surface area contributed by atoms with Gasteiger partial charge in [0.2, 0.25) is 5.91 Å². The number of anilines is 1. The highest BCUT2D eigenvalue weighted by molar-refractivity contribution is 6.07. The number of unbranched alkanes of at least 4 members (excludes halogenated alkanes) is 2. The number of benzene rings is 1. The number of fused-ring (bicyclic) bond motifs is 5. The molecule has 0 aliphatic carbocycles. The molecule has 4 atom stereocenters. The van der Waals surface area contributed by atoms with Gasteiger partial charge in [0.1, 0.15) is 0 Å². The van der Waals surface area contributed by atoms with Crippen molar-refractivity contribution in [3.63, 3.8) is 0 Å². The SMILES string of the molecule is CCCCC[C@@H]1N2CCC(C2)C12C(=O)Nc1ccccc12. The molecular weight excluding hydrogens is 260 g/mol. The Morgan fingerprint density at radius 2 is 2.19 bits per heavy atom. The van der Waals surface area contributed by atoms with Gasteiger partial charge in [-0.1, -0.05) is 44.4 Å². The van der Waals surface area contributed by atoms with Crippen molar-refractivity contribution in [2.75, 3.05) is 18.4 Å². The first-order chi connectivity index (χ1) is 10.3. The summed E-state index contributed by atoms with van der Waals surface area (Å²) in [6.45, 7) is 4.53. The minimum Gasteiger partial charge on any atom is -0.325 e. The van der Waals surface area contributed by atoms with Gasteiger partial charge in [-0.3, -0.25) is 9.69 Å². The average Bonchev–Trinajstić information content (AvgIpc) is 3.15. The standard InChI is InChI=1S/C18H24N2O/c1-2-3-4-9-16-18(13-10-11-20(16)12-13)14-7-5-6-8-15(14)19-17(18)21/h5-8,13,16H,2-4,9-12H2,1H3,(H,19,21)/t13?,16-,18?/m0/s1. The van der Waals surface area contributed by atoms with Crippen molar-refractivity contribution in [3.05, 3.63) is 29.8 Å². The molecule has 2 saturated heterocycles. The number of para-hydroxylation sites is 1. The van der Waals surface area contributed by atoms with Gasteiger partial charge in [-0.25, -0.2) is 0 Å². The van der Waals surface area contributed by atoms with Crippen LogP contribution in [0.4, 0.5) is 5.69 Å². The lowest BCUT2D eigenvalue weighted by molar-refractivity contribution is -0.124. The highest BCUT2D eigenvalue weighted by Crippen LogP contribution is 2.56. The summed E-state index contributed by atoms with van der Waals surface area (Å²) < 4.78 is 0. The number of hydrogen-bond donors (Lipinski definition) is 1. The molecule has 3 aliphatic rings. The molecule has 0 radical (unpaired) electrons. The third-order valence-electron chi connectivity index (χ3n) is 5.91. The lowest BCUT2D eigenvalue weighted by Gasteiger charge is -2.40. The molecule has 3 aliphatic heterocycles. The van der Waals surface area contributed by atoms with E-state index in [4.69, 9.17) is 0 Å². The highest BCUT2D eigenvalue weighted by atomic mass is 16.2. The second-order valence-corrected chi connectivity index (χ2v) is 6.86. The molecule has 112 valence electrons. The zero-order valence-corrected chi connectivity index (χ0v) is 12.8. The smallest absolute Gasteiger partial charge is 0.237 e. The maximum Gasteiger partial charge on any atom is 0.237 e. The van der Waals surface area contributed by atoms with E-state index in [0.29, 0.717) is 12.0 Å². The molecular formula is C18H24N2O. The Morgan fingerprint density at radius 3 is 3.05 bits per heavy atom. The molecule has 1 N–H and O–H groups in total. The van der Waals surface area contributed by atoms with Crippen molar-refractivity contribution >= 4 is 11.6 Å². The molecule has 3 heterocycles. The van der Waals surface area contributed by atoms with Crippen LogP contribution in [0.5, 0.6) is 0 Å². The number of nitrogens with zero attached hydrogens (tertiary/aromatic N) is 1. The maximum atomic E-state index is 13.0. The van der Waals surface area contributed by atoms with Gasteiger partial charge in [0.15, 0.2) is 0 Å². The van der Waals surface area contributed by atoms with Gasteiger partial charge in [-0.15, -0.1) is 0 Å². The fourth-order valence-corrected chi connectivity index (χ4v) is 5.04. The van der Waals surface area contributed by atoms with Gasteiger partial charge in [-0.2, -0.15) is 0 Å². The summed E-state index contributed by atoms with van der Waals surface area (Å²) in [5.74, 6) is 0.769. The molecule has 1 aromatic carbocycles. The summed E-state index contributed by atoms with van der Waals surface area (Å²) in [6.07, 6.45) is 6.08. The quantitative estimate of drug-likeness (QED) is 0.861. The Kier molecular flexibility index (Phi) is 3.07. The average molecular weight is 284 g/mol. The highest BCUT2D eigenvalue weighted by Gasteiger charge is 2.64. The van der Waals surface area contributed by atoms with E-state index in [1.54, 1.807) is 0 Å². The van der Waals surface area contributed by atoms with Gasteiger partial charge >= 0.3 is 0 Å². The summed E-state index contributed by atoms with van der Waals surface area (Å²) in [4.78, 5) is 15.5. The van der Waals surface area contributed by atoms with Crippen LogP contribution in [-0.2, 0) is 10.2 Å². The minimum atomic E-state index is -0.261. The number of piperidine rings is 1. The zero-order valence-electron chi connectivity index (χ0n) is 12.8. The van der Waals surface area contributed by atoms with Crippen molar-refractivity contribution in [1.29, 1.82) is 0 Å². The lowest BCUT2D eigenvalue weighted by atomic mass is 9.65. The van der Waals surface area contributed by atoms with Crippen molar-refractivity contribution in [1.82, 2.24) is 4.90 Å². The van der Waals surface area contributed by atoms with Crippen LogP contribution < -0.4 is 5.32 Å². The lowest BCUT2D eigenvalue weighted by Crippen LogP contribution is -2.52. The minimum absolute atomic E-state index is 0.261. The largest absolute Gasteiger partial charge is 0.325 e. The van der Waals surface area contributed by atoms with E-state index in [1.807, 2.05) is 6.07 Å². The van der Waals surface area contributed by atoms with Gasteiger partial charge in [0.05, 0.1) is 5.41 Å². The van der Waals surface area contributed by atoms with Crippen LogP contribution in [0.1, 0.15) is 44.6 Å². The first-order valence-electron chi connectivity index (χ1n) is 8.43. The van der Waals surface area contributed by atoms with E-state index < -0.39 is 0 Å². The van der Waals surface area contributed by atoms with E-state index in [-0.39, 0.29) is 11.3 Å². The van der Waals surface area contributed by atoms with E-state index in [2.05, 4.69) is 35.3 Å². The number of amides is 1. The zero-order chi connectivity index (χ0) is 14.4. The first kappa shape index (κ1) is 13.3. The van der Waals surface area contributed by atoms with Crippen molar-refractivity contribution in [3.8, 4) is 0 Å². The predicted octanol–water partition coefficient (Wildman–Crippen LogP) is 3.16. The second kappa shape index (κ2) is 4.84. The molecule has 1 amide bonds. The number of nitrogens with one attached hydrogen (secondary N) is 1. The molecule has 1 spiro atoms. The van der Waals surface area contributed by atoms with Crippen molar-refractivity contribution in [2.45, 2.75) is 50.5 Å². The summed E-state index contributed by atoms with van der Waals surface area (Å²) in [5, 5.41) is 3.17. The van der Waals surface area contributed by atoms with Crippen LogP contribution in [0, 0.1) is 5.92 Å². The molecule has 0 aromatic heterocycles. The molecule has 4 rings (SSSR count). The van der Waals surface area contributed by atoms with E-state index in [1.165, 1.54) is 37.8 Å². The summed E-state index contributed by atoms with van der Waals surface area (Å²) in [5.41, 5.74) is 2.06. The molecule has 2 bridgehead atoms. The van der Waals surface area contributed by atoms with Gasteiger partial charge in [0.25, 0.3) is 0 Å². The second-order valence-electron chi connectivity index (χ2n) is 6.86. The Morgan fingerprint density at radius 1 is 1.33 bits per heavy atom. The topological polar surface area (TPSA) is 32.3 Å². The summed E-state index contributed by atoms with van der Waals surface area (Å²) >= 11 is 0. The molecule has 1 aromatic rings. The van der Waals surface area contributed by atoms with Crippen LogP contribution >= 0.6 is 0 Å². The Labute approximate surface area is 126 Å². The predicted molar refractivity (Wildman–Crippen MR) is 84.4 cm³/mol. The number of carbonyl (C=O) groups is 1. The van der Waals surface area contributed by atoms with Crippen LogP contribution in [0.2, 0.25) is 0 Å².